The van der Waals surface area contributed by atoms with E-state index in [0.29, 0.717) is 30.2 Å². The van der Waals surface area contributed by atoms with Crippen LogP contribution in [0.1, 0.15) is 17.8 Å². The number of halogens is 1. The lowest BCUT2D eigenvalue weighted by Gasteiger charge is -2.17. The zero-order chi connectivity index (χ0) is 15.8. The Kier molecular flexibility index (Phi) is 4.60. The molecule has 1 aromatic rings. The van der Waals surface area contributed by atoms with Gasteiger partial charge >= 0.3 is 0 Å². The average molecular weight is 335 g/mol. The van der Waals surface area contributed by atoms with Crippen molar-refractivity contribution in [3.8, 4) is 0 Å². The molecule has 0 aliphatic carbocycles. The van der Waals surface area contributed by atoms with Gasteiger partial charge in [-0.3, -0.25) is 9.48 Å². The molecular weight excluding hydrogens is 316 g/mol. The molecule has 9 heteroatoms. The summed E-state index contributed by atoms with van der Waals surface area (Å²) in [5.74, 6) is -0.259. The van der Waals surface area contributed by atoms with Gasteiger partial charge in [0.1, 0.15) is 6.54 Å². The molecule has 0 radical (unpaired) electrons. The van der Waals surface area contributed by atoms with E-state index in [9.17, 15) is 13.2 Å². The highest BCUT2D eigenvalue weighted by Crippen LogP contribution is 2.21. The normalized spacial score (nSPS) is 19.2. The zero-order valence-electron chi connectivity index (χ0n) is 12.0. The van der Waals surface area contributed by atoms with Crippen LogP contribution < -0.4 is 5.14 Å². The molecule has 2 rings (SSSR count). The summed E-state index contributed by atoms with van der Waals surface area (Å²) in [4.78, 5) is 13.9. The minimum Gasteiger partial charge on any atom is -0.341 e. The second-order valence-electron chi connectivity index (χ2n) is 5.47. The highest BCUT2D eigenvalue weighted by atomic mass is 35.5. The van der Waals surface area contributed by atoms with E-state index in [4.69, 9.17) is 16.7 Å². The average Bonchev–Trinajstić information content (AvgIpc) is 2.89. The van der Waals surface area contributed by atoms with E-state index in [-0.39, 0.29) is 24.1 Å². The van der Waals surface area contributed by atoms with Gasteiger partial charge in [-0.15, -0.1) is 0 Å². The zero-order valence-corrected chi connectivity index (χ0v) is 13.6. The standard InChI is InChI=1S/C12H19ClN4O3S/c1-8-12(13)9(2)17(15-8)6-11(18)16-4-3-10(5-16)7-21(14,19)20/h10H,3-7H2,1-2H3,(H2,14,19,20). The Morgan fingerprint density at radius 2 is 2.14 bits per heavy atom. The van der Waals surface area contributed by atoms with Crippen molar-refractivity contribution in [1.82, 2.24) is 14.7 Å². The summed E-state index contributed by atoms with van der Waals surface area (Å²) in [5, 5.41) is 9.83. The van der Waals surface area contributed by atoms with Crippen molar-refractivity contribution in [3.63, 3.8) is 0 Å². The fourth-order valence-corrected chi connectivity index (χ4v) is 3.65. The molecule has 2 N–H and O–H groups in total. The van der Waals surface area contributed by atoms with Crippen LogP contribution in [0.15, 0.2) is 0 Å². The van der Waals surface area contributed by atoms with Crippen molar-refractivity contribution in [2.45, 2.75) is 26.8 Å². The first-order valence-electron chi connectivity index (χ1n) is 6.65. The van der Waals surface area contributed by atoms with Gasteiger partial charge in [0, 0.05) is 13.1 Å². The molecule has 0 aromatic carbocycles. The van der Waals surface area contributed by atoms with Gasteiger partial charge in [-0.2, -0.15) is 5.10 Å². The predicted octanol–water partition coefficient (Wildman–Crippen LogP) is 0.290. The van der Waals surface area contributed by atoms with Gasteiger partial charge in [0.05, 0.1) is 22.2 Å². The number of rotatable bonds is 4. The quantitative estimate of drug-likeness (QED) is 0.855. The van der Waals surface area contributed by atoms with Gasteiger partial charge in [0.15, 0.2) is 0 Å². The second kappa shape index (κ2) is 5.94. The smallest absolute Gasteiger partial charge is 0.244 e. The molecule has 1 aliphatic heterocycles. The number of hydrogen-bond donors (Lipinski definition) is 1. The summed E-state index contributed by atoms with van der Waals surface area (Å²) in [6.07, 6.45) is 0.653. The van der Waals surface area contributed by atoms with E-state index in [1.165, 1.54) is 0 Å². The highest BCUT2D eigenvalue weighted by Gasteiger charge is 2.29. The number of carbonyl (C=O) groups is 1. The molecular formula is C12H19ClN4O3S. The number of nitrogens with two attached hydrogens (primary N) is 1. The summed E-state index contributed by atoms with van der Waals surface area (Å²) in [6.45, 7) is 4.67. The van der Waals surface area contributed by atoms with Crippen molar-refractivity contribution < 1.29 is 13.2 Å². The number of hydrogen-bond acceptors (Lipinski definition) is 4. The van der Waals surface area contributed by atoms with E-state index in [2.05, 4.69) is 5.10 Å². The second-order valence-corrected chi connectivity index (χ2v) is 7.50. The van der Waals surface area contributed by atoms with E-state index >= 15 is 0 Å². The topological polar surface area (TPSA) is 98.3 Å². The molecule has 2 heterocycles. The molecule has 1 amide bonds. The van der Waals surface area contributed by atoms with Gasteiger partial charge in [-0.25, -0.2) is 13.6 Å². The largest absolute Gasteiger partial charge is 0.341 e. The van der Waals surface area contributed by atoms with Crippen LogP contribution in [0.25, 0.3) is 0 Å². The fraction of sp³-hybridized carbons (Fsp3) is 0.667. The molecule has 0 bridgehead atoms. The Morgan fingerprint density at radius 3 is 2.67 bits per heavy atom. The lowest BCUT2D eigenvalue weighted by Crippen LogP contribution is -2.33. The third-order valence-electron chi connectivity index (χ3n) is 3.68. The first kappa shape index (κ1) is 16.3. The van der Waals surface area contributed by atoms with Crippen LogP contribution in [0, 0.1) is 19.8 Å². The third kappa shape index (κ3) is 3.96. The molecule has 118 valence electrons. The van der Waals surface area contributed by atoms with Gasteiger partial charge in [0.2, 0.25) is 15.9 Å². The molecule has 21 heavy (non-hydrogen) atoms. The summed E-state index contributed by atoms with van der Waals surface area (Å²) < 4.78 is 23.7. The maximum absolute atomic E-state index is 12.2. The Morgan fingerprint density at radius 1 is 1.48 bits per heavy atom. The maximum Gasteiger partial charge on any atom is 0.244 e. The molecule has 1 aliphatic rings. The van der Waals surface area contributed by atoms with Crippen LogP contribution in [0.3, 0.4) is 0 Å². The van der Waals surface area contributed by atoms with Crippen molar-refractivity contribution in [3.05, 3.63) is 16.4 Å². The first-order valence-corrected chi connectivity index (χ1v) is 8.74. The summed E-state index contributed by atoms with van der Waals surface area (Å²) in [5.41, 5.74) is 1.44. The monoisotopic (exact) mass is 334 g/mol. The van der Waals surface area contributed by atoms with Crippen LogP contribution in [-0.4, -0.2) is 47.8 Å². The minimum absolute atomic E-state index is 0.0808. The lowest BCUT2D eigenvalue weighted by atomic mass is 10.2. The number of carbonyl (C=O) groups excluding carboxylic acids is 1. The molecule has 0 saturated carbocycles. The van der Waals surface area contributed by atoms with Gasteiger partial charge in [0.25, 0.3) is 0 Å². The molecule has 1 fully saturated rings. The summed E-state index contributed by atoms with van der Waals surface area (Å²) in [7, 11) is -3.50. The number of amides is 1. The first-order chi connectivity index (χ1) is 9.67. The number of nitrogens with zero attached hydrogens (tertiary/aromatic N) is 3. The van der Waals surface area contributed by atoms with E-state index in [1.54, 1.807) is 16.5 Å². The van der Waals surface area contributed by atoms with E-state index in [0.717, 1.165) is 5.69 Å². The maximum atomic E-state index is 12.2. The van der Waals surface area contributed by atoms with E-state index in [1.807, 2.05) is 6.92 Å². The Balaban J connectivity index is 1.97. The predicted molar refractivity (Wildman–Crippen MR) is 79.4 cm³/mol. The Labute approximate surface area is 129 Å². The van der Waals surface area contributed by atoms with Crippen LogP contribution in [0.2, 0.25) is 5.02 Å². The molecule has 1 saturated heterocycles. The van der Waals surface area contributed by atoms with Crippen LogP contribution in [-0.2, 0) is 21.4 Å². The molecule has 0 spiro atoms. The highest BCUT2D eigenvalue weighted by molar-refractivity contribution is 7.89. The lowest BCUT2D eigenvalue weighted by molar-refractivity contribution is -0.131. The van der Waals surface area contributed by atoms with Crippen molar-refractivity contribution >= 4 is 27.5 Å². The minimum atomic E-state index is -3.50. The molecule has 1 aromatic heterocycles. The molecule has 1 atom stereocenters. The fourth-order valence-electron chi connectivity index (χ4n) is 2.58. The molecule has 1 unspecified atom stereocenters. The molecule has 7 nitrogen and oxygen atoms in total. The number of aromatic nitrogens is 2. The van der Waals surface area contributed by atoms with Crippen LogP contribution in [0.5, 0.6) is 0 Å². The van der Waals surface area contributed by atoms with Crippen LogP contribution >= 0.6 is 11.6 Å². The summed E-state index contributed by atoms with van der Waals surface area (Å²) >= 11 is 6.05. The van der Waals surface area contributed by atoms with Crippen molar-refractivity contribution in [1.29, 1.82) is 0 Å². The van der Waals surface area contributed by atoms with Gasteiger partial charge < -0.3 is 4.90 Å². The van der Waals surface area contributed by atoms with Crippen molar-refractivity contribution in [2.75, 3.05) is 18.8 Å². The number of primary sulfonamides is 1. The van der Waals surface area contributed by atoms with Crippen molar-refractivity contribution in [2.24, 2.45) is 11.1 Å². The van der Waals surface area contributed by atoms with Gasteiger partial charge in [-0.1, -0.05) is 11.6 Å². The Bertz CT molecular complexity index is 656. The van der Waals surface area contributed by atoms with Gasteiger partial charge in [-0.05, 0) is 26.2 Å². The SMILES string of the molecule is Cc1nn(CC(=O)N2CCC(CS(N)(=O)=O)C2)c(C)c1Cl. The Hall–Kier alpha value is -1.12. The number of likely N-dealkylation sites (tertiary alicyclic amines) is 1. The third-order valence-corrected chi connectivity index (χ3v) is 5.17. The summed E-state index contributed by atoms with van der Waals surface area (Å²) in [6, 6.07) is 0. The number of aryl methyl sites for hydroxylation is 1. The van der Waals surface area contributed by atoms with E-state index < -0.39 is 10.0 Å². The number of sulfonamides is 1. The van der Waals surface area contributed by atoms with Crippen LogP contribution in [0.4, 0.5) is 0 Å².